The van der Waals surface area contributed by atoms with Crippen molar-refractivity contribution in [1.29, 1.82) is 0 Å². The maximum Gasteiger partial charge on any atom is 0.323 e. The minimum Gasteiger partial charge on any atom is -0.497 e. The first-order chi connectivity index (χ1) is 11.0. The predicted molar refractivity (Wildman–Crippen MR) is 88.7 cm³/mol. The van der Waals surface area contributed by atoms with Crippen LogP contribution >= 0.6 is 11.6 Å². The van der Waals surface area contributed by atoms with Crippen LogP contribution in [0.25, 0.3) is 0 Å². The highest BCUT2D eigenvalue weighted by Gasteiger charge is 2.14. The van der Waals surface area contributed by atoms with Gasteiger partial charge in [-0.2, -0.15) is 0 Å². The van der Waals surface area contributed by atoms with Gasteiger partial charge in [0.15, 0.2) is 0 Å². The second kappa shape index (κ2) is 7.48. The van der Waals surface area contributed by atoms with Crippen LogP contribution in [-0.4, -0.2) is 19.0 Å². The first kappa shape index (κ1) is 16.6. The standard InChI is InChI=1S/C15H15ClN4O3/c1-23-11-5-6-12(14(21)20-17)13(8-11)19-15(22)18-10-4-2-3-9(16)7-10/h2-8H,17H2,1H3,(H,20,21)(H2,18,19,22). The number of carbonyl (C=O) groups excluding carboxylic acids is 2. The first-order valence-electron chi connectivity index (χ1n) is 6.56. The number of urea groups is 1. The fraction of sp³-hybridized carbons (Fsp3) is 0.0667. The zero-order valence-electron chi connectivity index (χ0n) is 12.2. The second-order valence-corrected chi connectivity index (χ2v) is 4.91. The van der Waals surface area contributed by atoms with E-state index in [1.165, 1.54) is 19.2 Å². The number of hydrazine groups is 1. The summed E-state index contributed by atoms with van der Waals surface area (Å²) in [5.41, 5.74) is 3.00. The molecule has 0 atom stereocenters. The topological polar surface area (TPSA) is 105 Å². The third-order valence-corrected chi connectivity index (χ3v) is 3.17. The lowest BCUT2D eigenvalue weighted by Crippen LogP contribution is -2.31. The molecular formula is C15H15ClN4O3. The lowest BCUT2D eigenvalue weighted by atomic mass is 10.1. The number of ether oxygens (including phenoxy) is 1. The molecule has 0 bridgehead atoms. The number of nitrogens with two attached hydrogens (primary N) is 1. The van der Waals surface area contributed by atoms with Crippen molar-refractivity contribution >= 4 is 34.9 Å². The van der Waals surface area contributed by atoms with Crippen LogP contribution in [0, 0.1) is 0 Å². The van der Waals surface area contributed by atoms with Gasteiger partial charge in [-0.05, 0) is 30.3 Å². The smallest absolute Gasteiger partial charge is 0.323 e. The Morgan fingerprint density at radius 3 is 2.57 bits per heavy atom. The molecule has 7 nitrogen and oxygen atoms in total. The van der Waals surface area contributed by atoms with Crippen molar-refractivity contribution in [2.75, 3.05) is 17.7 Å². The van der Waals surface area contributed by atoms with Gasteiger partial charge in [0, 0.05) is 16.8 Å². The van der Waals surface area contributed by atoms with Gasteiger partial charge in [0.1, 0.15) is 5.75 Å². The average Bonchev–Trinajstić information content (AvgIpc) is 2.54. The number of anilines is 2. The Bertz CT molecular complexity index is 736. The molecule has 0 saturated heterocycles. The second-order valence-electron chi connectivity index (χ2n) is 4.47. The molecule has 0 aromatic heterocycles. The fourth-order valence-electron chi connectivity index (χ4n) is 1.88. The summed E-state index contributed by atoms with van der Waals surface area (Å²) in [5, 5.41) is 5.69. The zero-order valence-corrected chi connectivity index (χ0v) is 13.0. The molecular weight excluding hydrogens is 320 g/mol. The van der Waals surface area contributed by atoms with Gasteiger partial charge >= 0.3 is 6.03 Å². The van der Waals surface area contributed by atoms with Gasteiger partial charge in [0.05, 0.1) is 18.4 Å². The summed E-state index contributed by atoms with van der Waals surface area (Å²) in [6.07, 6.45) is 0. The third-order valence-electron chi connectivity index (χ3n) is 2.93. The molecule has 2 aromatic rings. The molecule has 2 aromatic carbocycles. The molecule has 0 radical (unpaired) electrons. The fourth-order valence-corrected chi connectivity index (χ4v) is 2.07. The van der Waals surface area contributed by atoms with E-state index in [1.54, 1.807) is 30.3 Å². The molecule has 120 valence electrons. The van der Waals surface area contributed by atoms with Gasteiger partial charge in [-0.15, -0.1) is 0 Å². The van der Waals surface area contributed by atoms with E-state index in [0.29, 0.717) is 16.5 Å². The molecule has 0 unspecified atom stereocenters. The van der Waals surface area contributed by atoms with Gasteiger partial charge in [-0.1, -0.05) is 17.7 Å². The monoisotopic (exact) mass is 334 g/mol. The maximum absolute atomic E-state index is 12.1. The highest BCUT2D eigenvalue weighted by atomic mass is 35.5. The van der Waals surface area contributed by atoms with Crippen molar-refractivity contribution in [2.45, 2.75) is 0 Å². The molecule has 0 spiro atoms. The van der Waals surface area contributed by atoms with E-state index < -0.39 is 11.9 Å². The van der Waals surface area contributed by atoms with Crippen LogP contribution in [0.1, 0.15) is 10.4 Å². The number of benzene rings is 2. The van der Waals surface area contributed by atoms with E-state index >= 15 is 0 Å². The summed E-state index contributed by atoms with van der Waals surface area (Å²) in [7, 11) is 1.48. The first-order valence-corrected chi connectivity index (χ1v) is 6.94. The summed E-state index contributed by atoms with van der Waals surface area (Å²) in [6.45, 7) is 0. The molecule has 3 amide bonds. The number of methoxy groups -OCH3 is 1. The van der Waals surface area contributed by atoms with Crippen molar-refractivity contribution in [3.63, 3.8) is 0 Å². The maximum atomic E-state index is 12.1. The molecule has 0 fully saturated rings. The molecule has 0 aliphatic rings. The minimum atomic E-state index is -0.536. The van der Waals surface area contributed by atoms with Crippen LogP contribution in [0.5, 0.6) is 5.75 Å². The summed E-state index contributed by atoms with van der Waals surface area (Å²) in [6, 6.07) is 10.7. The molecule has 0 aliphatic heterocycles. The Balaban J connectivity index is 2.20. The number of rotatable bonds is 4. The summed E-state index contributed by atoms with van der Waals surface area (Å²) < 4.78 is 5.09. The number of hydrogen-bond acceptors (Lipinski definition) is 4. The van der Waals surface area contributed by atoms with Crippen LogP contribution in [-0.2, 0) is 0 Å². The van der Waals surface area contributed by atoms with Crippen LogP contribution in [0.4, 0.5) is 16.2 Å². The van der Waals surface area contributed by atoms with Gasteiger partial charge in [0.2, 0.25) is 0 Å². The lowest BCUT2D eigenvalue weighted by molar-refractivity contribution is 0.0954. The minimum absolute atomic E-state index is 0.203. The Labute approximate surface area is 137 Å². The van der Waals surface area contributed by atoms with Crippen LogP contribution in [0.3, 0.4) is 0 Å². The van der Waals surface area contributed by atoms with Crippen molar-refractivity contribution in [3.05, 3.63) is 53.1 Å². The van der Waals surface area contributed by atoms with Gasteiger partial charge in [0.25, 0.3) is 5.91 Å². The van der Waals surface area contributed by atoms with E-state index in [1.807, 2.05) is 5.43 Å². The molecule has 0 aliphatic carbocycles. The Hall–Kier alpha value is -2.77. The molecule has 8 heteroatoms. The number of nitrogens with one attached hydrogen (secondary N) is 3. The third kappa shape index (κ3) is 4.35. The van der Waals surface area contributed by atoms with Crippen molar-refractivity contribution in [2.24, 2.45) is 5.84 Å². The van der Waals surface area contributed by atoms with Gasteiger partial charge < -0.3 is 15.4 Å². The Morgan fingerprint density at radius 1 is 1.13 bits per heavy atom. The predicted octanol–water partition coefficient (Wildman–Crippen LogP) is 2.60. The van der Waals surface area contributed by atoms with E-state index in [0.717, 1.165) is 0 Å². The molecule has 5 N–H and O–H groups in total. The Kier molecular flexibility index (Phi) is 5.40. The number of halogens is 1. The molecule has 0 heterocycles. The van der Waals surface area contributed by atoms with Crippen molar-refractivity contribution < 1.29 is 14.3 Å². The van der Waals surface area contributed by atoms with Crippen molar-refractivity contribution in [1.82, 2.24) is 5.43 Å². The van der Waals surface area contributed by atoms with Crippen molar-refractivity contribution in [3.8, 4) is 5.75 Å². The SMILES string of the molecule is COc1ccc(C(=O)NN)c(NC(=O)Nc2cccc(Cl)c2)c1. The van der Waals surface area contributed by atoms with Crippen LogP contribution in [0.15, 0.2) is 42.5 Å². The molecule has 2 rings (SSSR count). The van der Waals surface area contributed by atoms with E-state index in [4.69, 9.17) is 22.2 Å². The van der Waals surface area contributed by atoms with E-state index in [-0.39, 0.29) is 11.3 Å². The van der Waals surface area contributed by atoms with Crippen LogP contribution in [0.2, 0.25) is 5.02 Å². The van der Waals surface area contributed by atoms with E-state index in [2.05, 4.69) is 10.6 Å². The highest BCUT2D eigenvalue weighted by molar-refractivity contribution is 6.30. The summed E-state index contributed by atoms with van der Waals surface area (Å²) >= 11 is 5.86. The van der Waals surface area contributed by atoms with E-state index in [9.17, 15) is 9.59 Å². The summed E-state index contributed by atoms with van der Waals surface area (Å²) in [5.74, 6) is 5.09. The number of amides is 3. The van der Waals surface area contributed by atoms with Gasteiger partial charge in [-0.25, -0.2) is 10.6 Å². The summed E-state index contributed by atoms with van der Waals surface area (Å²) in [4.78, 5) is 23.8. The number of carbonyl (C=O) groups is 2. The molecule has 23 heavy (non-hydrogen) atoms. The largest absolute Gasteiger partial charge is 0.497 e. The number of nitrogen functional groups attached to an aromatic ring is 1. The van der Waals surface area contributed by atoms with Gasteiger partial charge in [-0.3, -0.25) is 10.2 Å². The highest BCUT2D eigenvalue weighted by Crippen LogP contribution is 2.23. The molecule has 0 saturated carbocycles. The normalized spacial score (nSPS) is 9.87. The quantitative estimate of drug-likeness (QED) is 0.392. The van der Waals surface area contributed by atoms with Crippen LogP contribution < -0.4 is 26.6 Å². The number of hydrogen-bond donors (Lipinski definition) is 4. The zero-order chi connectivity index (χ0) is 16.8. The Morgan fingerprint density at radius 2 is 1.91 bits per heavy atom. The lowest BCUT2D eigenvalue weighted by Gasteiger charge is -2.12. The average molecular weight is 335 g/mol.